The number of rotatable bonds is 5. The Balaban J connectivity index is 2.18. The van der Waals surface area contributed by atoms with Crippen molar-refractivity contribution in [3.8, 4) is 17.2 Å². The number of thiocarbonyl (C=S) groups is 1. The standard InChI is InChI=1S/C14H14N2O2S/c1-2-17-10-4-3-5-11(8-10)18-12-6-7-16-13(9-12)14(15)19/h3-9H,2H2,1H3,(H2,15,19). The molecule has 2 aromatic rings. The summed E-state index contributed by atoms with van der Waals surface area (Å²) in [6, 6.07) is 10.9. The van der Waals surface area contributed by atoms with E-state index in [4.69, 9.17) is 27.4 Å². The van der Waals surface area contributed by atoms with E-state index in [9.17, 15) is 0 Å². The second kappa shape index (κ2) is 6.15. The van der Waals surface area contributed by atoms with Crippen molar-refractivity contribution in [2.24, 2.45) is 5.73 Å². The fourth-order valence-electron chi connectivity index (χ4n) is 1.54. The zero-order valence-corrected chi connectivity index (χ0v) is 11.3. The number of ether oxygens (including phenoxy) is 2. The van der Waals surface area contributed by atoms with Crippen LogP contribution in [0.3, 0.4) is 0 Å². The first-order chi connectivity index (χ1) is 9.19. The zero-order chi connectivity index (χ0) is 13.7. The molecule has 1 aromatic heterocycles. The van der Waals surface area contributed by atoms with E-state index in [0.29, 0.717) is 23.8 Å². The van der Waals surface area contributed by atoms with E-state index in [0.717, 1.165) is 5.75 Å². The summed E-state index contributed by atoms with van der Waals surface area (Å²) in [6.45, 7) is 2.55. The second-order valence-electron chi connectivity index (χ2n) is 3.75. The van der Waals surface area contributed by atoms with Crippen LogP contribution < -0.4 is 15.2 Å². The molecule has 0 aliphatic rings. The zero-order valence-electron chi connectivity index (χ0n) is 10.5. The molecule has 0 bridgehead atoms. The highest BCUT2D eigenvalue weighted by molar-refractivity contribution is 7.80. The van der Waals surface area contributed by atoms with Gasteiger partial charge in [0.1, 0.15) is 27.9 Å². The second-order valence-corrected chi connectivity index (χ2v) is 4.19. The van der Waals surface area contributed by atoms with Crippen molar-refractivity contribution < 1.29 is 9.47 Å². The fourth-order valence-corrected chi connectivity index (χ4v) is 1.65. The molecule has 2 rings (SSSR count). The van der Waals surface area contributed by atoms with Crippen LogP contribution in [-0.4, -0.2) is 16.6 Å². The Morgan fingerprint density at radius 2 is 1.95 bits per heavy atom. The van der Waals surface area contributed by atoms with Crippen LogP contribution in [0.25, 0.3) is 0 Å². The predicted octanol–water partition coefficient (Wildman–Crippen LogP) is 2.91. The van der Waals surface area contributed by atoms with Gasteiger partial charge in [0.15, 0.2) is 0 Å². The molecule has 19 heavy (non-hydrogen) atoms. The third-order valence-corrected chi connectivity index (χ3v) is 2.55. The summed E-state index contributed by atoms with van der Waals surface area (Å²) in [6.07, 6.45) is 1.61. The molecule has 0 amide bonds. The Bertz CT molecular complexity index is 587. The van der Waals surface area contributed by atoms with Gasteiger partial charge in [-0.1, -0.05) is 18.3 Å². The van der Waals surface area contributed by atoms with Gasteiger partial charge in [-0.05, 0) is 25.1 Å². The van der Waals surface area contributed by atoms with Crippen molar-refractivity contribution in [2.75, 3.05) is 6.61 Å². The summed E-state index contributed by atoms with van der Waals surface area (Å²) in [5.74, 6) is 2.08. The smallest absolute Gasteiger partial charge is 0.131 e. The van der Waals surface area contributed by atoms with E-state index >= 15 is 0 Å². The molecular formula is C14H14N2O2S. The van der Waals surface area contributed by atoms with Crippen LogP contribution in [0.2, 0.25) is 0 Å². The van der Waals surface area contributed by atoms with Gasteiger partial charge in [0.25, 0.3) is 0 Å². The number of hydrogen-bond donors (Lipinski definition) is 1. The Hall–Kier alpha value is -2.14. The summed E-state index contributed by atoms with van der Waals surface area (Å²) in [4.78, 5) is 4.30. The first kappa shape index (κ1) is 13.3. The van der Waals surface area contributed by atoms with Gasteiger partial charge < -0.3 is 15.2 Å². The number of hydrogen-bond acceptors (Lipinski definition) is 4. The SMILES string of the molecule is CCOc1cccc(Oc2ccnc(C(N)=S)c2)c1. The summed E-state index contributed by atoms with van der Waals surface area (Å²) in [5, 5.41) is 0. The third kappa shape index (κ3) is 3.66. The summed E-state index contributed by atoms with van der Waals surface area (Å²) in [5.41, 5.74) is 6.07. The van der Waals surface area contributed by atoms with Gasteiger partial charge in [0.05, 0.1) is 6.61 Å². The molecule has 0 fully saturated rings. The lowest BCUT2D eigenvalue weighted by molar-refractivity contribution is 0.338. The number of benzene rings is 1. The maximum Gasteiger partial charge on any atom is 0.131 e. The highest BCUT2D eigenvalue weighted by Gasteiger charge is 2.03. The van der Waals surface area contributed by atoms with E-state index in [2.05, 4.69) is 4.98 Å². The molecule has 0 spiro atoms. The van der Waals surface area contributed by atoms with Crippen LogP contribution in [0.1, 0.15) is 12.6 Å². The van der Waals surface area contributed by atoms with Gasteiger partial charge in [-0.15, -0.1) is 0 Å². The first-order valence-electron chi connectivity index (χ1n) is 5.85. The average Bonchev–Trinajstić information content (AvgIpc) is 2.40. The predicted molar refractivity (Wildman–Crippen MR) is 77.8 cm³/mol. The summed E-state index contributed by atoms with van der Waals surface area (Å²) >= 11 is 4.88. The monoisotopic (exact) mass is 274 g/mol. The topological polar surface area (TPSA) is 57.4 Å². The molecule has 0 saturated carbocycles. The Morgan fingerprint density at radius 1 is 1.21 bits per heavy atom. The van der Waals surface area contributed by atoms with Crippen molar-refractivity contribution >= 4 is 17.2 Å². The van der Waals surface area contributed by atoms with Gasteiger partial charge in [0.2, 0.25) is 0 Å². The van der Waals surface area contributed by atoms with Gasteiger partial charge in [-0.3, -0.25) is 4.98 Å². The van der Waals surface area contributed by atoms with Gasteiger partial charge in [-0.25, -0.2) is 0 Å². The maximum atomic E-state index is 5.72. The van der Waals surface area contributed by atoms with Crippen LogP contribution in [0.5, 0.6) is 17.2 Å². The van der Waals surface area contributed by atoms with Crippen molar-refractivity contribution in [1.29, 1.82) is 0 Å². The summed E-state index contributed by atoms with van der Waals surface area (Å²) < 4.78 is 11.1. The molecule has 0 aliphatic heterocycles. The molecule has 0 atom stereocenters. The molecule has 2 N–H and O–H groups in total. The first-order valence-corrected chi connectivity index (χ1v) is 6.26. The Labute approximate surface area is 117 Å². The normalized spacial score (nSPS) is 9.95. The van der Waals surface area contributed by atoms with E-state index in [1.165, 1.54) is 0 Å². The number of aromatic nitrogens is 1. The highest BCUT2D eigenvalue weighted by Crippen LogP contribution is 2.25. The van der Waals surface area contributed by atoms with E-state index < -0.39 is 0 Å². The van der Waals surface area contributed by atoms with Crippen LogP contribution in [-0.2, 0) is 0 Å². The third-order valence-electron chi connectivity index (χ3n) is 2.34. The minimum absolute atomic E-state index is 0.244. The van der Waals surface area contributed by atoms with Crippen LogP contribution in [0, 0.1) is 0 Å². The average molecular weight is 274 g/mol. The number of nitrogens with zero attached hydrogens (tertiary/aromatic N) is 1. The minimum Gasteiger partial charge on any atom is -0.494 e. The van der Waals surface area contributed by atoms with Crippen molar-refractivity contribution in [3.63, 3.8) is 0 Å². The van der Waals surface area contributed by atoms with E-state index in [1.54, 1.807) is 18.3 Å². The Morgan fingerprint density at radius 3 is 2.68 bits per heavy atom. The lowest BCUT2D eigenvalue weighted by Gasteiger charge is -2.08. The molecule has 0 unspecified atom stereocenters. The van der Waals surface area contributed by atoms with Gasteiger partial charge in [0, 0.05) is 18.3 Å². The van der Waals surface area contributed by atoms with Crippen molar-refractivity contribution in [3.05, 3.63) is 48.3 Å². The fraction of sp³-hybridized carbons (Fsp3) is 0.143. The Kier molecular flexibility index (Phi) is 4.30. The molecule has 1 heterocycles. The molecule has 0 aliphatic carbocycles. The van der Waals surface area contributed by atoms with Crippen LogP contribution in [0.4, 0.5) is 0 Å². The van der Waals surface area contributed by atoms with Crippen LogP contribution >= 0.6 is 12.2 Å². The van der Waals surface area contributed by atoms with Crippen molar-refractivity contribution in [2.45, 2.75) is 6.92 Å². The number of nitrogens with two attached hydrogens (primary N) is 1. The van der Waals surface area contributed by atoms with E-state index in [-0.39, 0.29) is 4.99 Å². The van der Waals surface area contributed by atoms with Crippen LogP contribution in [0.15, 0.2) is 42.6 Å². The number of pyridine rings is 1. The molecule has 5 heteroatoms. The van der Waals surface area contributed by atoms with Gasteiger partial charge in [-0.2, -0.15) is 0 Å². The lowest BCUT2D eigenvalue weighted by Crippen LogP contribution is -2.11. The largest absolute Gasteiger partial charge is 0.494 e. The summed E-state index contributed by atoms with van der Waals surface area (Å²) in [7, 11) is 0. The maximum absolute atomic E-state index is 5.72. The molecule has 1 aromatic carbocycles. The molecule has 98 valence electrons. The lowest BCUT2D eigenvalue weighted by atomic mass is 10.3. The minimum atomic E-state index is 0.244. The van der Waals surface area contributed by atoms with Gasteiger partial charge >= 0.3 is 0 Å². The van der Waals surface area contributed by atoms with E-state index in [1.807, 2.05) is 31.2 Å². The molecular weight excluding hydrogens is 260 g/mol. The molecule has 4 nitrogen and oxygen atoms in total. The molecule has 0 saturated heterocycles. The highest BCUT2D eigenvalue weighted by atomic mass is 32.1. The quantitative estimate of drug-likeness (QED) is 0.850. The van der Waals surface area contributed by atoms with Crippen molar-refractivity contribution in [1.82, 2.24) is 4.98 Å². The molecule has 0 radical (unpaired) electrons.